The summed E-state index contributed by atoms with van der Waals surface area (Å²) in [6.45, 7) is 5.97. The van der Waals surface area contributed by atoms with E-state index in [1.165, 1.54) is 12.1 Å². The van der Waals surface area contributed by atoms with Crippen LogP contribution in [0.1, 0.15) is 26.3 Å². The molecule has 1 unspecified atom stereocenters. The van der Waals surface area contributed by atoms with E-state index in [2.05, 4.69) is 0 Å². The van der Waals surface area contributed by atoms with Crippen molar-refractivity contribution in [3.63, 3.8) is 0 Å². The van der Waals surface area contributed by atoms with Gasteiger partial charge in [0.1, 0.15) is 0 Å². The Bertz CT molecular complexity index is 877. The maximum Gasteiger partial charge on any atom is 0.523 e. The van der Waals surface area contributed by atoms with Gasteiger partial charge in [-0.3, -0.25) is 0 Å². The first-order valence-electron chi connectivity index (χ1n) is 7.88. The topological polar surface area (TPSA) is 43.4 Å². The van der Waals surface area contributed by atoms with E-state index in [-0.39, 0.29) is 10.3 Å². The molecule has 0 radical (unpaired) electrons. The summed E-state index contributed by atoms with van der Waals surface area (Å²) in [5.41, 5.74) is -4.78. The van der Waals surface area contributed by atoms with Crippen molar-refractivity contribution in [2.45, 2.75) is 41.5 Å². The molecule has 2 aromatic rings. The Balaban J connectivity index is 2.67. The molecule has 2 aromatic carbocycles. The smallest absolute Gasteiger partial charge is 0.203 e. The third kappa shape index (κ3) is 4.62. The Morgan fingerprint density at radius 1 is 0.889 bits per heavy atom. The molecule has 0 aromatic heterocycles. The lowest BCUT2D eigenvalue weighted by atomic mass is 9.87. The lowest BCUT2D eigenvalue weighted by Gasteiger charge is -2.37. The predicted octanol–water partition coefficient (Wildman–Crippen LogP) is 6.18. The molecule has 1 atom stereocenters. The van der Waals surface area contributed by atoms with Gasteiger partial charge in [-0.05, 0) is 45.6 Å². The highest BCUT2D eigenvalue weighted by Crippen LogP contribution is 2.65. The van der Waals surface area contributed by atoms with Crippen LogP contribution in [-0.4, -0.2) is 19.1 Å². The van der Waals surface area contributed by atoms with Crippen LogP contribution in [0.15, 0.2) is 64.4 Å². The maximum atomic E-state index is 13.0. The molecular weight excluding hydrogens is 421 g/mol. The highest BCUT2D eigenvalue weighted by Gasteiger charge is 2.51. The normalized spacial score (nSPS) is 16.6. The van der Waals surface area contributed by atoms with Crippen molar-refractivity contribution in [3.05, 3.63) is 60.2 Å². The number of hydrogen-bond acceptors (Lipinski definition) is 3. The predicted molar refractivity (Wildman–Crippen MR) is 102 cm³/mol. The second kappa shape index (κ2) is 7.66. The highest BCUT2D eigenvalue weighted by molar-refractivity contribution is 8.33. The van der Waals surface area contributed by atoms with Gasteiger partial charge in [0.25, 0.3) is 0 Å². The van der Waals surface area contributed by atoms with Crippen molar-refractivity contribution >= 4 is 32.0 Å². The number of hydrogen-bond donors (Lipinski definition) is 0. The standard InChI is InChI=1S/C18H20ClF3O3S2/c1-17(2,3)14-9-11-16(12-10-14)26(13-19,15-7-5-4-6-8-15)25-27(23,24)18(20,21)22/h4-12H,13H2,1-3H3. The molecule has 0 aliphatic rings. The van der Waals surface area contributed by atoms with E-state index in [1.54, 1.807) is 42.5 Å². The monoisotopic (exact) mass is 440 g/mol. The summed E-state index contributed by atoms with van der Waals surface area (Å²) in [4.78, 5) is 0.584. The molecule has 0 spiro atoms. The van der Waals surface area contributed by atoms with E-state index < -0.39 is 31.1 Å². The van der Waals surface area contributed by atoms with Crippen LogP contribution in [0.4, 0.5) is 13.2 Å². The molecular formula is C18H20ClF3O3S2. The van der Waals surface area contributed by atoms with Crippen molar-refractivity contribution in [2.24, 2.45) is 0 Å². The fourth-order valence-electron chi connectivity index (χ4n) is 2.37. The van der Waals surface area contributed by atoms with Gasteiger partial charge in [0.2, 0.25) is 0 Å². The first-order chi connectivity index (χ1) is 12.3. The third-order valence-corrected chi connectivity index (χ3v) is 9.38. The molecule has 0 aliphatic carbocycles. The summed E-state index contributed by atoms with van der Waals surface area (Å²) >= 11 is 6.06. The Morgan fingerprint density at radius 2 is 1.37 bits per heavy atom. The number of rotatable bonds is 5. The van der Waals surface area contributed by atoms with Crippen molar-refractivity contribution < 1.29 is 25.2 Å². The molecule has 2 rings (SSSR count). The quantitative estimate of drug-likeness (QED) is 0.411. The summed E-state index contributed by atoms with van der Waals surface area (Å²) in [6, 6.07) is 14.5. The van der Waals surface area contributed by atoms with E-state index in [9.17, 15) is 21.6 Å². The molecule has 0 saturated carbocycles. The van der Waals surface area contributed by atoms with Crippen LogP contribution < -0.4 is 0 Å². The first-order valence-corrected chi connectivity index (χ1v) is 11.6. The average Bonchev–Trinajstić information content (AvgIpc) is 2.59. The molecule has 9 heteroatoms. The Kier molecular flexibility index (Phi) is 6.26. The molecule has 0 aliphatic heterocycles. The molecule has 0 amide bonds. The van der Waals surface area contributed by atoms with Crippen LogP contribution >= 0.6 is 21.9 Å². The summed E-state index contributed by atoms with van der Waals surface area (Å²) in [5, 5.41) is -0.443. The molecule has 0 bridgehead atoms. The van der Waals surface area contributed by atoms with Crippen molar-refractivity contribution in [1.82, 2.24) is 0 Å². The Labute approximate surface area is 164 Å². The minimum Gasteiger partial charge on any atom is -0.203 e. The van der Waals surface area contributed by atoms with Crippen molar-refractivity contribution in [3.8, 4) is 0 Å². The lowest BCUT2D eigenvalue weighted by Crippen LogP contribution is -2.27. The van der Waals surface area contributed by atoms with Crippen molar-refractivity contribution in [2.75, 3.05) is 5.21 Å². The summed E-state index contributed by atoms with van der Waals surface area (Å²) in [5.74, 6) is 0. The van der Waals surface area contributed by atoms with Gasteiger partial charge < -0.3 is 0 Å². The number of benzene rings is 2. The first kappa shape index (κ1) is 22.1. The molecule has 0 N–H and O–H groups in total. The van der Waals surface area contributed by atoms with Gasteiger partial charge in [-0.15, -0.1) is 11.6 Å². The zero-order valence-corrected chi connectivity index (χ0v) is 17.3. The van der Waals surface area contributed by atoms with E-state index in [0.717, 1.165) is 5.56 Å². The van der Waals surface area contributed by atoms with E-state index in [1.807, 2.05) is 20.8 Å². The summed E-state index contributed by atoms with van der Waals surface area (Å²) in [6.07, 6.45) is 0. The van der Waals surface area contributed by atoms with Gasteiger partial charge >= 0.3 is 15.6 Å². The lowest BCUT2D eigenvalue weighted by molar-refractivity contribution is -0.0496. The largest absolute Gasteiger partial charge is 0.523 e. The average molecular weight is 441 g/mol. The zero-order valence-electron chi connectivity index (χ0n) is 15.0. The van der Waals surface area contributed by atoms with Gasteiger partial charge in [0.15, 0.2) is 0 Å². The zero-order chi connectivity index (χ0) is 20.5. The van der Waals surface area contributed by atoms with Gasteiger partial charge in [0, 0.05) is 9.79 Å². The maximum absolute atomic E-state index is 13.0. The second-order valence-electron chi connectivity index (χ2n) is 6.84. The minimum atomic E-state index is -5.85. The number of halogens is 4. The molecule has 3 nitrogen and oxygen atoms in total. The van der Waals surface area contributed by atoms with Crippen LogP contribution in [0, 0.1) is 0 Å². The fourth-order valence-corrected chi connectivity index (χ4v) is 7.45. The van der Waals surface area contributed by atoms with Crippen LogP contribution in [0.25, 0.3) is 0 Å². The van der Waals surface area contributed by atoms with Gasteiger partial charge in [0.05, 0.1) is 5.21 Å². The summed E-state index contributed by atoms with van der Waals surface area (Å²) in [7, 11) is -8.99. The number of alkyl halides is 4. The van der Waals surface area contributed by atoms with Crippen LogP contribution in [0.5, 0.6) is 0 Å². The van der Waals surface area contributed by atoms with Crippen LogP contribution in [0.2, 0.25) is 0 Å². The van der Waals surface area contributed by atoms with Crippen molar-refractivity contribution in [1.29, 1.82) is 0 Å². The summed E-state index contributed by atoms with van der Waals surface area (Å²) < 4.78 is 67.5. The molecule has 0 heterocycles. The molecule has 27 heavy (non-hydrogen) atoms. The highest BCUT2D eigenvalue weighted by atomic mass is 35.5. The molecule has 0 saturated heterocycles. The SMILES string of the molecule is CC(C)(C)c1ccc(S(CCl)(OS(=O)(=O)C(F)(F)F)c2ccccc2)cc1. The van der Waals surface area contributed by atoms with E-state index in [4.69, 9.17) is 15.2 Å². The second-order valence-corrected chi connectivity index (χ2v) is 11.9. The minimum absolute atomic E-state index is 0.177. The van der Waals surface area contributed by atoms with Crippen LogP contribution in [-0.2, 0) is 19.2 Å². The third-order valence-electron chi connectivity index (χ3n) is 3.87. The van der Waals surface area contributed by atoms with Gasteiger partial charge in [-0.1, -0.05) is 51.1 Å². The van der Waals surface area contributed by atoms with Crippen LogP contribution in [0.3, 0.4) is 0 Å². The van der Waals surface area contributed by atoms with E-state index >= 15 is 0 Å². The fraction of sp³-hybridized carbons (Fsp3) is 0.333. The van der Waals surface area contributed by atoms with Gasteiger partial charge in [-0.2, -0.15) is 21.6 Å². The Hall–Kier alpha value is -1.22. The van der Waals surface area contributed by atoms with E-state index in [0.29, 0.717) is 4.90 Å². The molecule has 0 fully saturated rings. The molecule has 150 valence electrons. The van der Waals surface area contributed by atoms with Gasteiger partial charge in [-0.25, -0.2) is 3.63 Å². The Morgan fingerprint density at radius 3 is 1.78 bits per heavy atom.